The second-order valence-electron chi connectivity index (χ2n) is 8.34. The number of rotatable bonds is 7. The smallest absolute Gasteiger partial charge is 0.0797 e. The van der Waals surface area contributed by atoms with Crippen molar-refractivity contribution in [3.8, 4) is 0 Å². The van der Waals surface area contributed by atoms with Crippen molar-refractivity contribution in [3.05, 3.63) is 24.3 Å². The molecule has 5 atom stereocenters. The SMILES string of the molecule is C=CC(C)(O)CCC1C(C)(O)CCC(Br)C1(C)CCC=C(C)C. The fourth-order valence-corrected chi connectivity index (χ4v) is 4.81. The maximum atomic E-state index is 11.0. The molecule has 3 heteroatoms. The van der Waals surface area contributed by atoms with Crippen molar-refractivity contribution in [2.75, 3.05) is 0 Å². The first-order chi connectivity index (χ1) is 10.4. The van der Waals surface area contributed by atoms with Crippen LogP contribution in [0.4, 0.5) is 0 Å². The Kier molecular flexibility index (Phi) is 7.13. The van der Waals surface area contributed by atoms with Crippen molar-refractivity contribution < 1.29 is 10.2 Å². The molecule has 134 valence electrons. The second-order valence-corrected chi connectivity index (χ2v) is 9.45. The maximum absolute atomic E-state index is 11.0. The van der Waals surface area contributed by atoms with Crippen molar-refractivity contribution in [2.24, 2.45) is 11.3 Å². The molecule has 0 aromatic rings. The van der Waals surface area contributed by atoms with Gasteiger partial charge in [-0.05, 0) is 77.6 Å². The van der Waals surface area contributed by atoms with Gasteiger partial charge >= 0.3 is 0 Å². The summed E-state index contributed by atoms with van der Waals surface area (Å²) in [5.74, 6) is 0.158. The van der Waals surface area contributed by atoms with E-state index in [2.05, 4.69) is 49.4 Å². The molecule has 0 aliphatic heterocycles. The molecule has 1 fully saturated rings. The van der Waals surface area contributed by atoms with Crippen LogP contribution in [-0.2, 0) is 0 Å². The molecule has 0 amide bonds. The van der Waals surface area contributed by atoms with Crippen molar-refractivity contribution in [1.82, 2.24) is 0 Å². The molecule has 0 heterocycles. The molecule has 5 unspecified atom stereocenters. The molecule has 0 spiro atoms. The van der Waals surface area contributed by atoms with Crippen LogP contribution in [0.3, 0.4) is 0 Å². The highest BCUT2D eigenvalue weighted by molar-refractivity contribution is 9.09. The van der Waals surface area contributed by atoms with E-state index in [9.17, 15) is 10.2 Å². The van der Waals surface area contributed by atoms with Crippen molar-refractivity contribution in [1.29, 1.82) is 0 Å². The van der Waals surface area contributed by atoms with Crippen LogP contribution in [0, 0.1) is 11.3 Å². The van der Waals surface area contributed by atoms with E-state index in [1.165, 1.54) is 5.57 Å². The van der Waals surface area contributed by atoms with Gasteiger partial charge in [0.25, 0.3) is 0 Å². The molecule has 0 radical (unpaired) electrons. The lowest BCUT2D eigenvalue weighted by atomic mass is 9.57. The molecular formula is C20H35BrO2. The van der Waals surface area contributed by atoms with E-state index in [-0.39, 0.29) is 11.3 Å². The topological polar surface area (TPSA) is 40.5 Å². The molecule has 1 rings (SSSR count). The fourth-order valence-electron chi connectivity index (χ4n) is 4.03. The minimum atomic E-state index is -0.865. The van der Waals surface area contributed by atoms with E-state index in [1.807, 2.05) is 6.92 Å². The lowest BCUT2D eigenvalue weighted by Gasteiger charge is -2.53. The predicted octanol–water partition coefficient (Wildman–Crippen LogP) is 5.38. The van der Waals surface area contributed by atoms with Crippen LogP contribution >= 0.6 is 15.9 Å². The van der Waals surface area contributed by atoms with Gasteiger partial charge in [-0.1, -0.05) is 40.6 Å². The molecule has 2 N–H and O–H groups in total. The fraction of sp³-hybridized carbons (Fsp3) is 0.800. The van der Waals surface area contributed by atoms with Crippen molar-refractivity contribution >= 4 is 15.9 Å². The minimum absolute atomic E-state index is 0.0188. The Morgan fingerprint density at radius 2 is 2.00 bits per heavy atom. The lowest BCUT2D eigenvalue weighted by molar-refractivity contribution is -0.102. The zero-order chi connectivity index (χ0) is 17.9. The average molecular weight is 387 g/mol. The maximum Gasteiger partial charge on any atom is 0.0797 e. The number of alkyl halides is 1. The summed E-state index contributed by atoms with van der Waals surface area (Å²) >= 11 is 3.89. The quantitative estimate of drug-likeness (QED) is 0.455. The van der Waals surface area contributed by atoms with Gasteiger partial charge in [-0.3, -0.25) is 0 Å². The third-order valence-electron chi connectivity index (χ3n) is 5.78. The first-order valence-corrected chi connectivity index (χ1v) is 9.72. The van der Waals surface area contributed by atoms with Crippen molar-refractivity contribution in [3.63, 3.8) is 0 Å². The van der Waals surface area contributed by atoms with Gasteiger partial charge in [0.05, 0.1) is 11.2 Å². The van der Waals surface area contributed by atoms with E-state index < -0.39 is 11.2 Å². The third-order valence-corrected chi connectivity index (χ3v) is 7.28. The van der Waals surface area contributed by atoms with Gasteiger partial charge in [0, 0.05) is 4.83 Å². The summed E-state index contributed by atoms with van der Waals surface area (Å²) < 4.78 is 0. The highest BCUT2D eigenvalue weighted by atomic mass is 79.9. The summed E-state index contributed by atoms with van der Waals surface area (Å²) in [6, 6.07) is 0. The van der Waals surface area contributed by atoms with Crippen molar-refractivity contribution in [2.45, 2.75) is 89.2 Å². The van der Waals surface area contributed by atoms with Crippen LogP contribution < -0.4 is 0 Å². The first-order valence-electron chi connectivity index (χ1n) is 8.80. The van der Waals surface area contributed by atoms with E-state index in [4.69, 9.17) is 0 Å². The third kappa shape index (κ3) is 5.44. The van der Waals surface area contributed by atoms with Gasteiger partial charge in [0.2, 0.25) is 0 Å². The number of hydrogen-bond acceptors (Lipinski definition) is 2. The Morgan fingerprint density at radius 1 is 1.39 bits per heavy atom. The Balaban J connectivity index is 2.98. The monoisotopic (exact) mass is 386 g/mol. The van der Waals surface area contributed by atoms with E-state index >= 15 is 0 Å². The van der Waals surface area contributed by atoms with Crippen LogP contribution in [0.15, 0.2) is 24.3 Å². The largest absolute Gasteiger partial charge is 0.390 e. The summed E-state index contributed by atoms with van der Waals surface area (Å²) in [7, 11) is 0. The Hall–Kier alpha value is -0.120. The van der Waals surface area contributed by atoms with Gasteiger partial charge in [0.1, 0.15) is 0 Å². The van der Waals surface area contributed by atoms with Crippen LogP contribution in [-0.4, -0.2) is 26.2 Å². The minimum Gasteiger partial charge on any atom is -0.390 e. The summed E-state index contributed by atoms with van der Waals surface area (Å²) in [6.07, 6.45) is 9.21. The molecule has 23 heavy (non-hydrogen) atoms. The number of allylic oxidation sites excluding steroid dienone is 2. The van der Waals surface area contributed by atoms with Gasteiger partial charge in [-0.15, -0.1) is 6.58 Å². The average Bonchev–Trinajstić information content (AvgIpc) is 2.42. The molecular weight excluding hydrogens is 352 g/mol. The van der Waals surface area contributed by atoms with E-state index in [1.54, 1.807) is 13.0 Å². The Labute approximate surface area is 151 Å². The van der Waals surface area contributed by atoms with Crippen LogP contribution in [0.25, 0.3) is 0 Å². The normalized spacial score (nSPS) is 37.0. The van der Waals surface area contributed by atoms with Gasteiger partial charge in [-0.2, -0.15) is 0 Å². The summed E-state index contributed by atoms with van der Waals surface area (Å²) in [5.41, 5.74) is -0.184. The molecule has 1 aliphatic carbocycles. The number of aliphatic hydroxyl groups is 2. The first kappa shape index (κ1) is 20.9. The molecule has 0 bridgehead atoms. The van der Waals surface area contributed by atoms with Crippen LogP contribution in [0.5, 0.6) is 0 Å². The molecule has 0 aromatic heterocycles. The number of hydrogen-bond donors (Lipinski definition) is 2. The number of halogens is 1. The highest BCUT2D eigenvalue weighted by Gasteiger charge is 2.51. The summed E-state index contributed by atoms with van der Waals surface area (Å²) in [5, 5.41) is 21.3. The van der Waals surface area contributed by atoms with Gasteiger partial charge in [-0.25, -0.2) is 0 Å². The molecule has 1 saturated carbocycles. The highest BCUT2D eigenvalue weighted by Crippen LogP contribution is 2.54. The zero-order valence-corrected chi connectivity index (χ0v) is 17.1. The Bertz CT molecular complexity index is 435. The molecule has 0 saturated heterocycles. The van der Waals surface area contributed by atoms with Crippen LogP contribution in [0.1, 0.15) is 73.1 Å². The van der Waals surface area contributed by atoms with Gasteiger partial charge in [0.15, 0.2) is 0 Å². The summed E-state index contributed by atoms with van der Waals surface area (Å²) in [4.78, 5) is 0.402. The van der Waals surface area contributed by atoms with Gasteiger partial charge < -0.3 is 10.2 Å². The molecule has 1 aliphatic rings. The molecule has 2 nitrogen and oxygen atoms in total. The molecule has 0 aromatic carbocycles. The Morgan fingerprint density at radius 3 is 2.52 bits per heavy atom. The predicted molar refractivity (Wildman–Crippen MR) is 103 cm³/mol. The van der Waals surface area contributed by atoms with Crippen LogP contribution in [0.2, 0.25) is 0 Å². The standard InChI is InChI=1S/C20H35BrO2/c1-7-18(4,22)13-10-16-19(5,12-8-9-15(2)3)17(21)11-14-20(16,6)23/h7,9,16-17,22-23H,1,8,10-14H2,2-6H3. The second kappa shape index (κ2) is 7.84. The summed E-state index contributed by atoms with van der Waals surface area (Å²) in [6.45, 7) is 14.0. The van der Waals surface area contributed by atoms with E-state index in [0.717, 1.165) is 32.1 Å². The zero-order valence-electron chi connectivity index (χ0n) is 15.5. The van der Waals surface area contributed by atoms with E-state index in [0.29, 0.717) is 11.2 Å². The lowest BCUT2D eigenvalue weighted by Crippen LogP contribution is -2.53.